The molecule has 0 unspecified atom stereocenters. The number of likely N-dealkylation sites (tertiary alicyclic amines) is 1. The summed E-state index contributed by atoms with van der Waals surface area (Å²) in [5.41, 5.74) is 2.84. The van der Waals surface area contributed by atoms with Crippen LogP contribution in [0, 0.1) is 35.5 Å². The van der Waals surface area contributed by atoms with Crippen molar-refractivity contribution < 1.29 is 19.1 Å². The third-order valence-corrected chi connectivity index (χ3v) is 8.39. The van der Waals surface area contributed by atoms with Gasteiger partial charge in [0.05, 0.1) is 11.8 Å². The predicted octanol–water partition coefficient (Wildman–Crippen LogP) is 5.14. The fraction of sp³-hybridized carbons (Fsp3) is 0.258. The highest BCUT2D eigenvalue weighted by atomic mass is 16.5. The fourth-order valence-electron chi connectivity index (χ4n) is 6.61. The molecule has 1 N–H and O–H groups in total. The first-order valence-electron chi connectivity index (χ1n) is 12.8. The fourth-order valence-corrected chi connectivity index (χ4v) is 6.61. The van der Waals surface area contributed by atoms with Crippen molar-refractivity contribution in [1.29, 1.82) is 0 Å². The topological polar surface area (TPSA) is 75.7 Å². The van der Waals surface area contributed by atoms with Gasteiger partial charge < -0.3 is 10.1 Å². The van der Waals surface area contributed by atoms with Crippen LogP contribution in [0.2, 0.25) is 0 Å². The molecule has 3 amide bonds. The molecule has 0 aromatic heterocycles. The molecule has 6 nitrogen and oxygen atoms in total. The lowest BCUT2D eigenvalue weighted by atomic mass is 9.63. The summed E-state index contributed by atoms with van der Waals surface area (Å²) in [4.78, 5) is 40.1. The highest BCUT2D eigenvalue weighted by Gasteiger charge is 2.67. The van der Waals surface area contributed by atoms with Gasteiger partial charge in [-0.2, -0.15) is 0 Å². The summed E-state index contributed by atoms with van der Waals surface area (Å²) in [7, 11) is 0. The van der Waals surface area contributed by atoms with Gasteiger partial charge in [-0.05, 0) is 77.6 Å². The maximum absolute atomic E-state index is 13.1. The lowest BCUT2D eigenvalue weighted by Gasteiger charge is -2.37. The van der Waals surface area contributed by atoms with Crippen molar-refractivity contribution in [2.75, 3.05) is 11.9 Å². The third kappa shape index (κ3) is 3.75. The maximum atomic E-state index is 13.1. The number of hydrogen-bond donors (Lipinski definition) is 1. The summed E-state index contributed by atoms with van der Waals surface area (Å²) in [5.74, 6) is 1.46. The van der Waals surface area contributed by atoms with Crippen molar-refractivity contribution in [3.63, 3.8) is 0 Å². The van der Waals surface area contributed by atoms with Gasteiger partial charge >= 0.3 is 0 Å². The first-order chi connectivity index (χ1) is 18.1. The van der Waals surface area contributed by atoms with Crippen LogP contribution in [0.4, 0.5) is 5.69 Å². The number of rotatable bonds is 6. The van der Waals surface area contributed by atoms with Crippen molar-refractivity contribution in [2.24, 2.45) is 35.5 Å². The minimum atomic E-state index is -0.379. The van der Waals surface area contributed by atoms with Crippen LogP contribution in [-0.2, 0) is 14.4 Å². The van der Waals surface area contributed by atoms with Gasteiger partial charge in [0.25, 0.3) is 0 Å². The van der Waals surface area contributed by atoms with Crippen molar-refractivity contribution in [2.45, 2.75) is 6.42 Å². The second-order valence-electron chi connectivity index (χ2n) is 10.5. The van der Waals surface area contributed by atoms with Crippen molar-refractivity contribution in [3.8, 4) is 22.6 Å². The van der Waals surface area contributed by atoms with E-state index in [0.717, 1.165) is 17.5 Å². The smallest absolute Gasteiger partial charge is 0.244 e. The summed E-state index contributed by atoms with van der Waals surface area (Å²) in [6.45, 7) is -0.245. The molecule has 0 spiro atoms. The van der Waals surface area contributed by atoms with Crippen LogP contribution in [0.25, 0.3) is 11.1 Å². The molecule has 184 valence electrons. The predicted molar refractivity (Wildman–Crippen MR) is 138 cm³/mol. The Kier molecular flexibility index (Phi) is 5.03. The van der Waals surface area contributed by atoms with Gasteiger partial charge in [-0.3, -0.25) is 19.3 Å². The first-order valence-corrected chi connectivity index (χ1v) is 12.8. The molecular formula is C31H26N2O4. The molecule has 6 heteroatoms. The van der Waals surface area contributed by atoms with E-state index < -0.39 is 0 Å². The van der Waals surface area contributed by atoms with Crippen molar-refractivity contribution >= 4 is 23.4 Å². The number of amides is 3. The molecule has 6 atom stereocenters. The zero-order chi connectivity index (χ0) is 25.1. The van der Waals surface area contributed by atoms with E-state index in [1.807, 2.05) is 42.5 Å². The Morgan fingerprint density at radius 2 is 1.30 bits per heavy atom. The Balaban J connectivity index is 0.966. The van der Waals surface area contributed by atoms with Gasteiger partial charge in [-0.1, -0.05) is 54.6 Å². The molecule has 2 saturated carbocycles. The van der Waals surface area contributed by atoms with Crippen molar-refractivity contribution in [1.82, 2.24) is 4.90 Å². The zero-order valence-corrected chi connectivity index (χ0v) is 20.1. The van der Waals surface area contributed by atoms with E-state index in [9.17, 15) is 14.4 Å². The highest BCUT2D eigenvalue weighted by molar-refractivity contribution is 6.09. The molecule has 1 heterocycles. The summed E-state index contributed by atoms with van der Waals surface area (Å²) < 4.78 is 5.94. The van der Waals surface area contributed by atoms with E-state index in [1.165, 1.54) is 4.90 Å². The number of anilines is 1. The number of carbonyl (C=O) groups excluding carboxylic acids is 3. The summed E-state index contributed by atoms with van der Waals surface area (Å²) in [5, 5.41) is 2.81. The van der Waals surface area contributed by atoms with Crippen LogP contribution in [0.3, 0.4) is 0 Å². The number of imide groups is 1. The standard InChI is InChI=1S/C31H26N2O4/c34-27(17-33-30(35)28-23-14-15-24(26-16-25(23)26)29(28)31(33)36)32-20-8-12-22(13-9-20)37-21-10-6-19(7-11-21)18-4-2-1-3-5-18/h1-15,23-26,28-29H,16-17H2,(H,32,34)/t23-,24-,25-,26+,28+,29+/m1/s1. The zero-order valence-electron chi connectivity index (χ0n) is 20.1. The Labute approximate surface area is 214 Å². The summed E-state index contributed by atoms with van der Waals surface area (Å²) in [6.07, 6.45) is 5.39. The second-order valence-corrected chi connectivity index (χ2v) is 10.5. The quantitative estimate of drug-likeness (QED) is 0.384. The van der Waals surface area contributed by atoms with E-state index in [0.29, 0.717) is 29.0 Å². The number of hydrogen-bond acceptors (Lipinski definition) is 4. The lowest BCUT2D eigenvalue weighted by Crippen LogP contribution is -2.40. The van der Waals surface area contributed by atoms with E-state index in [-0.39, 0.29) is 47.9 Å². The van der Waals surface area contributed by atoms with Crippen LogP contribution < -0.4 is 10.1 Å². The van der Waals surface area contributed by atoms with Gasteiger partial charge in [0.1, 0.15) is 18.0 Å². The summed E-state index contributed by atoms with van der Waals surface area (Å²) >= 11 is 0. The van der Waals surface area contributed by atoms with Crippen LogP contribution in [0.5, 0.6) is 11.5 Å². The third-order valence-electron chi connectivity index (χ3n) is 8.39. The number of ether oxygens (including phenoxy) is 1. The minimum absolute atomic E-state index is 0.159. The Morgan fingerprint density at radius 3 is 1.89 bits per heavy atom. The Hall–Kier alpha value is -4.19. The Morgan fingerprint density at radius 1 is 0.757 bits per heavy atom. The monoisotopic (exact) mass is 490 g/mol. The second kappa shape index (κ2) is 8.44. The van der Waals surface area contributed by atoms with E-state index in [4.69, 9.17) is 4.74 Å². The van der Waals surface area contributed by atoms with Gasteiger partial charge in [-0.25, -0.2) is 0 Å². The normalized spacial score (nSPS) is 28.6. The molecule has 3 aromatic carbocycles. The van der Waals surface area contributed by atoms with Gasteiger partial charge in [-0.15, -0.1) is 0 Å². The van der Waals surface area contributed by atoms with Gasteiger partial charge in [0.15, 0.2) is 0 Å². The average Bonchev–Trinajstić information content (AvgIpc) is 3.72. The number of nitrogens with one attached hydrogen (secondary N) is 1. The van der Waals surface area contributed by atoms with Crippen LogP contribution >= 0.6 is 0 Å². The maximum Gasteiger partial charge on any atom is 0.244 e. The lowest BCUT2D eigenvalue weighted by molar-refractivity contribution is -0.142. The van der Waals surface area contributed by atoms with Gasteiger partial charge in [0.2, 0.25) is 17.7 Å². The number of carbonyl (C=O) groups is 3. The minimum Gasteiger partial charge on any atom is -0.457 e. The number of benzene rings is 3. The largest absolute Gasteiger partial charge is 0.457 e. The Bertz CT molecular complexity index is 1380. The average molecular weight is 491 g/mol. The van der Waals surface area contributed by atoms with Crippen molar-refractivity contribution in [3.05, 3.63) is 91.0 Å². The SMILES string of the molecule is O=C(CN1C(=O)[C@H]2[C@@H]3C=C[C@H]([C@@H]4C[C@H]34)[C@@H]2C1=O)Nc1ccc(Oc2ccc(-c3ccccc3)cc2)cc1. The molecule has 4 aliphatic carbocycles. The molecule has 8 rings (SSSR count). The molecule has 37 heavy (non-hydrogen) atoms. The highest BCUT2D eigenvalue weighted by Crippen LogP contribution is 2.65. The molecular weight excluding hydrogens is 464 g/mol. The number of allylic oxidation sites excluding steroid dienone is 2. The molecule has 1 aliphatic heterocycles. The van der Waals surface area contributed by atoms with E-state index >= 15 is 0 Å². The molecule has 2 bridgehead atoms. The van der Waals surface area contributed by atoms with Crippen LogP contribution in [-0.4, -0.2) is 29.2 Å². The molecule has 0 radical (unpaired) electrons. The van der Waals surface area contributed by atoms with E-state index in [1.54, 1.807) is 24.3 Å². The molecule has 1 saturated heterocycles. The van der Waals surface area contributed by atoms with Crippen LogP contribution in [0.1, 0.15) is 6.42 Å². The molecule has 3 aromatic rings. The van der Waals surface area contributed by atoms with Crippen LogP contribution in [0.15, 0.2) is 91.0 Å². The van der Waals surface area contributed by atoms with E-state index in [2.05, 4.69) is 29.6 Å². The van der Waals surface area contributed by atoms with Gasteiger partial charge in [0, 0.05) is 5.69 Å². The molecule has 5 aliphatic rings. The first kappa shape index (κ1) is 22.0. The molecule has 3 fully saturated rings. The summed E-state index contributed by atoms with van der Waals surface area (Å²) in [6, 6.07) is 25.1. The number of nitrogens with zero attached hydrogens (tertiary/aromatic N) is 1.